The first-order chi connectivity index (χ1) is 7.42. The molecule has 0 radical (unpaired) electrons. The molecule has 0 saturated carbocycles. The molecule has 2 heterocycles. The van der Waals surface area contributed by atoms with E-state index in [0.717, 1.165) is 13.1 Å². The zero-order valence-electron chi connectivity index (χ0n) is 9.28. The smallest absolute Gasteiger partial charge is 0.0948 e. The van der Waals surface area contributed by atoms with Crippen LogP contribution in [0.15, 0.2) is 12.5 Å². The van der Waals surface area contributed by atoms with Crippen LogP contribution in [0.3, 0.4) is 0 Å². The van der Waals surface area contributed by atoms with Crippen molar-refractivity contribution in [3.63, 3.8) is 0 Å². The molecule has 15 heavy (non-hydrogen) atoms. The Hall–Kier alpha value is -0.480. The van der Waals surface area contributed by atoms with Crippen LogP contribution in [0.5, 0.6) is 0 Å². The minimum atomic E-state index is 0.543. The molecule has 0 aromatic carbocycles. The third-order valence-corrected chi connectivity index (χ3v) is 3.61. The average Bonchev–Trinajstić information content (AvgIpc) is 2.87. The number of aryl methyl sites for hydroxylation is 1. The van der Waals surface area contributed by atoms with Crippen molar-refractivity contribution in [1.82, 2.24) is 14.9 Å². The lowest BCUT2D eigenvalue weighted by molar-refractivity contribution is 0.560. The highest BCUT2D eigenvalue weighted by molar-refractivity contribution is 7.98. The Kier molecular flexibility index (Phi) is 4.09. The maximum Gasteiger partial charge on any atom is 0.0948 e. The molecule has 2 rings (SSSR count). The third-order valence-electron chi connectivity index (χ3n) is 2.91. The van der Waals surface area contributed by atoms with Crippen molar-refractivity contribution in [2.75, 3.05) is 18.6 Å². The second-order valence-corrected chi connectivity index (χ2v) is 4.99. The number of hydrogen-bond acceptors (Lipinski definition) is 3. The first kappa shape index (κ1) is 11.0. The first-order valence-electron chi connectivity index (χ1n) is 5.64. The standard InChI is InChI=1S/C11H19N3S/c1-15-7-3-6-14-9-12-8-11(14)10-4-2-5-13-10/h8-10,13H,2-7H2,1H3/t10-/m0/s1. The molecular formula is C11H19N3S. The van der Waals surface area contributed by atoms with Gasteiger partial charge in [-0.25, -0.2) is 4.98 Å². The second kappa shape index (κ2) is 5.56. The Morgan fingerprint density at radius 1 is 1.67 bits per heavy atom. The van der Waals surface area contributed by atoms with Crippen LogP contribution >= 0.6 is 11.8 Å². The van der Waals surface area contributed by atoms with Gasteiger partial charge in [-0.15, -0.1) is 0 Å². The molecule has 1 saturated heterocycles. The van der Waals surface area contributed by atoms with Crippen molar-refractivity contribution in [2.45, 2.75) is 31.8 Å². The summed E-state index contributed by atoms with van der Waals surface area (Å²) in [5.41, 5.74) is 1.37. The molecule has 4 heteroatoms. The maximum absolute atomic E-state index is 4.26. The van der Waals surface area contributed by atoms with Gasteiger partial charge in [0.25, 0.3) is 0 Å². The minimum Gasteiger partial charge on any atom is -0.333 e. The van der Waals surface area contributed by atoms with Crippen LogP contribution in [-0.2, 0) is 6.54 Å². The molecule has 1 atom stereocenters. The normalized spacial score (nSPS) is 21.0. The predicted molar refractivity (Wildman–Crippen MR) is 65.2 cm³/mol. The van der Waals surface area contributed by atoms with Crippen molar-refractivity contribution in [1.29, 1.82) is 0 Å². The van der Waals surface area contributed by atoms with E-state index in [2.05, 4.69) is 21.1 Å². The Bertz CT molecular complexity index is 292. The molecule has 0 amide bonds. The molecule has 1 aromatic heterocycles. The summed E-state index contributed by atoms with van der Waals surface area (Å²) in [6.07, 6.45) is 9.93. The van der Waals surface area contributed by atoms with Crippen LogP contribution in [0.2, 0.25) is 0 Å². The van der Waals surface area contributed by atoms with Gasteiger partial charge in [0.1, 0.15) is 0 Å². The monoisotopic (exact) mass is 225 g/mol. The molecular weight excluding hydrogens is 206 g/mol. The summed E-state index contributed by atoms with van der Waals surface area (Å²) >= 11 is 1.91. The summed E-state index contributed by atoms with van der Waals surface area (Å²) in [5.74, 6) is 1.23. The maximum atomic E-state index is 4.26. The molecule has 84 valence electrons. The topological polar surface area (TPSA) is 29.9 Å². The molecule has 1 aliphatic rings. The molecule has 0 unspecified atom stereocenters. The van der Waals surface area contributed by atoms with Gasteiger partial charge in [-0.05, 0) is 37.8 Å². The SMILES string of the molecule is CSCCCn1cncc1[C@@H]1CCCN1. The van der Waals surface area contributed by atoms with Crippen molar-refractivity contribution >= 4 is 11.8 Å². The fourth-order valence-electron chi connectivity index (χ4n) is 2.12. The van der Waals surface area contributed by atoms with E-state index in [0.29, 0.717) is 6.04 Å². The van der Waals surface area contributed by atoms with E-state index < -0.39 is 0 Å². The van der Waals surface area contributed by atoms with Crippen LogP contribution in [0, 0.1) is 0 Å². The van der Waals surface area contributed by atoms with Crippen molar-refractivity contribution in [3.8, 4) is 0 Å². The zero-order chi connectivity index (χ0) is 10.5. The largest absolute Gasteiger partial charge is 0.333 e. The van der Waals surface area contributed by atoms with Gasteiger partial charge in [0.15, 0.2) is 0 Å². The van der Waals surface area contributed by atoms with Crippen LogP contribution in [0.4, 0.5) is 0 Å². The van der Waals surface area contributed by atoms with Crippen molar-refractivity contribution in [3.05, 3.63) is 18.2 Å². The minimum absolute atomic E-state index is 0.543. The number of rotatable bonds is 5. The van der Waals surface area contributed by atoms with Gasteiger partial charge in [0, 0.05) is 18.8 Å². The lowest BCUT2D eigenvalue weighted by Gasteiger charge is -2.13. The molecule has 0 spiro atoms. The van der Waals surface area contributed by atoms with E-state index in [1.54, 1.807) is 0 Å². The van der Waals surface area contributed by atoms with Gasteiger partial charge in [0.05, 0.1) is 12.0 Å². The Morgan fingerprint density at radius 2 is 2.60 bits per heavy atom. The van der Waals surface area contributed by atoms with Crippen LogP contribution in [0.1, 0.15) is 31.0 Å². The fraction of sp³-hybridized carbons (Fsp3) is 0.727. The lowest BCUT2D eigenvalue weighted by atomic mass is 10.2. The summed E-state index contributed by atoms with van der Waals surface area (Å²) in [6, 6.07) is 0.543. The molecule has 0 bridgehead atoms. The number of aromatic nitrogens is 2. The lowest BCUT2D eigenvalue weighted by Crippen LogP contribution is -2.17. The van der Waals surface area contributed by atoms with E-state index in [1.807, 2.05) is 24.3 Å². The van der Waals surface area contributed by atoms with Gasteiger partial charge in [-0.3, -0.25) is 0 Å². The van der Waals surface area contributed by atoms with E-state index in [1.165, 1.54) is 30.7 Å². The summed E-state index contributed by atoms with van der Waals surface area (Å²) in [6.45, 7) is 2.26. The van der Waals surface area contributed by atoms with E-state index in [4.69, 9.17) is 0 Å². The molecule has 3 nitrogen and oxygen atoms in total. The van der Waals surface area contributed by atoms with Crippen LogP contribution in [0.25, 0.3) is 0 Å². The highest BCUT2D eigenvalue weighted by atomic mass is 32.2. The summed E-state index contributed by atoms with van der Waals surface area (Å²) in [4.78, 5) is 4.26. The summed E-state index contributed by atoms with van der Waals surface area (Å²) in [5, 5.41) is 3.52. The molecule has 1 aromatic rings. The molecule has 1 N–H and O–H groups in total. The quantitative estimate of drug-likeness (QED) is 0.778. The highest BCUT2D eigenvalue weighted by Crippen LogP contribution is 2.22. The summed E-state index contributed by atoms with van der Waals surface area (Å²) in [7, 11) is 0. The second-order valence-electron chi connectivity index (χ2n) is 4.01. The fourth-order valence-corrected chi connectivity index (χ4v) is 2.54. The number of hydrogen-bond donors (Lipinski definition) is 1. The van der Waals surface area contributed by atoms with Gasteiger partial charge >= 0.3 is 0 Å². The zero-order valence-corrected chi connectivity index (χ0v) is 10.1. The van der Waals surface area contributed by atoms with Crippen LogP contribution < -0.4 is 5.32 Å². The van der Waals surface area contributed by atoms with Crippen molar-refractivity contribution in [2.24, 2.45) is 0 Å². The van der Waals surface area contributed by atoms with Crippen LogP contribution in [-0.4, -0.2) is 28.1 Å². The van der Waals surface area contributed by atoms with E-state index >= 15 is 0 Å². The Morgan fingerprint density at radius 3 is 3.33 bits per heavy atom. The average molecular weight is 225 g/mol. The highest BCUT2D eigenvalue weighted by Gasteiger charge is 2.19. The number of thioether (sulfide) groups is 1. The van der Waals surface area contributed by atoms with Crippen molar-refractivity contribution < 1.29 is 0 Å². The Balaban J connectivity index is 1.95. The van der Waals surface area contributed by atoms with Gasteiger partial charge < -0.3 is 9.88 Å². The van der Waals surface area contributed by atoms with Gasteiger partial charge in [-0.2, -0.15) is 11.8 Å². The molecule has 1 aliphatic heterocycles. The number of nitrogens with zero attached hydrogens (tertiary/aromatic N) is 2. The summed E-state index contributed by atoms with van der Waals surface area (Å²) < 4.78 is 2.30. The first-order valence-corrected chi connectivity index (χ1v) is 7.03. The number of nitrogens with one attached hydrogen (secondary N) is 1. The Labute approximate surface area is 95.7 Å². The van der Waals surface area contributed by atoms with Gasteiger partial charge in [-0.1, -0.05) is 0 Å². The van der Waals surface area contributed by atoms with Gasteiger partial charge in [0.2, 0.25) is 0 Å². The molecule has 1 fully saturated rings. The predicted octanol–water partition coefficient (Wildman–Crippen LogP) is 2.06. The van der Waals surface area contributed by atoms with E-state index in [-0.39, 0.29) is 0 Å². The third kappa shape index (κ3) is 2.75. The van der Waals surface area contributed by atoms with E-state index in [9.17, 15) is 0 Å². The number of imidazole rings is 1. The molecule has 0 aliphatic carbocycles.